The van der Waals surface area contributed by atoms with E-state index in [1.165, 1.54) is 0 Å². The number of hydrogen-bond acceptors (Lipinski definition) is 3. The fraction of sp³-hybridized carbons (Fsp3) is 0.556. The van der Waals surface area contributed by atoms with Crippen LogP contribution < -0.4 is 11.1 Å². The first-order valence-corrected chi connectivity index (χ1v) is 8.90. The van der Waals surface area contributed by atoms with Crippen molar-refractivity contribution in [2.75, 3.05) is 13.6 Å². The molecule has 3 rings (SSSR count). The molecule has 2 amide bonds. The van der Waals surface area contributed by atoms with Gasteiger partial charge >= 0.3 is 0 Å². The number of carbonyl (C=O) groups is 2. The summed E-state index contributed by atoms with van der Waals surface area (Å²) in [6, 6.07) is 7.26. The summed E-state index contributed by atoms with van der Waals surface area (Å²) < 4.78 is 0. The first-order valence-electron chi connectivity index (χ1n) is 8.53. The van der Waals surface area contributed by atoms with E-state index >= 15 is 0 Å². The summed E-state index contributed by atoms with van der Waals surface area (Å²) in [5.74, 6) is -0.113. The molecule has 0 radical (unpaired) electrons. The Kier molecular flexibility index (Phi) is 5.11. The molecule has 6 heteroatoms. The number of amides is 2. The Morgan fingerprint density at radius 1 is 1.42 bits per heavy atom. The summed E-state index contributed by atoms with van der Waals surface area (Å²) in [7, 11) is 1.75. The maximum absolute atomic E-state index is 12.9. The van der Waals surface area contributed by atoms with Gasteiger partial charge < -0.3 is 16.0 Å². The summed E-state index contributed by atoms with van der Waals surface area (Å²) in [6.07, 6.45) is 3.35. The van der Waals surface area contributed by atoms with Crippen LogP contribution in [0.5, 0.6) is 0 Å². The molecule has 1 heterocycles. The third-order valence-corrected chi connectivity index (χ3v) is 5.64. The van der Waals surface area contributed by atoms with Crippen LogP contribution in [0.2, 0.25) is 5.02 Å². The lowest BCUT2D eigenvalue weighted by Gasteiger charge is -2.27. The molecule has 1 aliphatic carbocycles. The fourth-order valence-electron chi connectivity index (χ4n) is 4.05. The zero-order chi connectivity index (χ0) is 17.3. The predicted molar refractivity (Wildman–Crippen MR) is 93.4 cm³/mol. The van der Waals surface area contributed by atoms with Crippen molar-refractivity contribution >= 4 is 23.4 Å². The lowest BCUT2D eigenvalue weighted by molar-refractivity contribution is -0.128. The van der Waals surface area contributed by atoms with Gasteiger partial charge in [-0.1, -0.05) is 30.2 Å². The van der Waals surface area contributed by atoms with Crippen LogP contribution in [0.3, 0.4) is 0 Å². The number of nitrogens with zero attached hydrogens (tertiary/aromatic N) is 1. The first-order chi connectivity index (χ1) is 11.5. The minimum Gasteiger partial charge on any atom is -0.353 e. The molecule has 0 bridgehead atoms. The average Bonchev–Trinajstić information content (AvgIpc) is 3.12. The highest BCUT2D eigenvalue weighted by atomic mass is 35.5. The third-order valence-electron chi connectivity index (χ3n) is 5.40. The van der Waals surface area contributed by atoms with E-state index in [0.29, 0.717) is 17.5 Å². The maximum Gasteiger partial charge on any atom is 0.226 e. The van der Waals surface area contributed by atoms with Gasteiger partial charge in [-0.05, 0) is 43.0 Å². The van der Waals surface area contributed by atoms with Crippen molar-refractivity contribution in [2.24, 2.45) is 17.6 Å². The minimum atomic E-state index is -0.389. The monoisotopic (exact) mass is 349 g/mol. The van der Waals surface area contributed by atoms with E-state index in [4.69, 9.17) is 17.3 Å². The van der Waals surface area contributed by atoms with Gasteiger partial charge in [0.15, 0.2) is 0 Å². The SMILES string of the molecule is CN1C(=O)C[C@H](C(=O)N[C@@H]2CCC[C@H]2CN)[C@@H]1c1cccc(Cl)c1. The molecule has 1 saturated carbocycles. The molecule has 2 fully saturated rings. The number of nitrogens with one attached hydrogen (secondary N) is 1. The predicted octanol–water partition coefficient (Wildman–Crippen LogP) is 2.10. The smallest absolute Gasteiger partial charge is 0.226 e. The Labute approximate surface area is 147 Å². The molecule has 130 valence electrons. The largest absolute Gasteiger partial charge is 0.353 e. The highest BCUT2D eigenvalue weighted by Gasteiger charge is 2.43. The van der Waals surface area contributed by atoms with Gasteiger partial charge in [0.25, 0.3) is 0 Å². The minimum absolute atomic E-state index is 0.0121. The summed E-state index contributed by atoms with van der Waals surface area (Å²) in [4.78, 5) is 26.7. The van der Waals surface area contributed by atoms with Gasteiger partial charge in [-0.25, -0.2) is 0 Å². The van der Waals surface area contributed by atoms with Crippen molar-refractivity contribution in [3.8, 4) is 0 Å². The molecular formula is C18H24ClN3O2. The van der Waals surface area contributed by atoms with Crippen LogP contribution in [0, 0.1) is 11.8 Å². The molecule has 1 aliphatic heterocycles. The molecule has 5 nitrogen and oxygen atoms in total. The second-order valence-electron chi connectivity index (χ2n) is 6.86. The lowest BCUT2D eigenvalue weighted by atomic mass is 9.92. The zero-order valence-corrected chi connectivity index (χ0v) is 14.6. The van der Waals surface area contributed by atoms with Crippen LogP contribution in [0.4, 0.5) is 0 Å². The number of hydrogen-bond donors (Lipinski definition) is 2. The Morgan fingerprint density at radius 3 is 2.92 bits per heavy atom. The molecule has 2 aliphatic rings. The summed E-state index contributed by atoms with van der Waals surface area (Å²) >= 11 is 6.09. The van der Waals surface area contributed by atoms with Crippen molar-refractivity contribution in [1.29, 1.82) is 0 Å². The Hall–Kier alpha value is -1.59. The number of nitrogens with two attached hydrogens (primary N) is 1. The van der Waals surface area contributed by atoms with E-state index in [-0.39, 0.29) is 36.2 Å². The average molecular weight is 350 g/mol. The van der Waals surface area contributed by atoms with E-state index in [1.54, 1.807) is 18.0 Å². The quantitative estimate of drug-likeness (QED) is 0.874. The standard InChI is InChI=1S/C18H24ClN3O2/c1-22-16(23)9-14(17(22)11-4-2-6-13(19)8-11)18(24)21-15-7-3-5-12(15)10-20/h2,4,6,8,12,14-15,17H,3,5,7,9-10,20H2,1H3,(H,21,24)/t12-,14-,15+,17-/m0/s1. The van der Waals surface area contributed by atoms with Gasteiger partial charge in [0.05, 0.1) is 12.0 Å². The molecule has 3 N–H and O–H groups in total. The fourth-order valence-corrected chi connectivity index (χ4v) is 4.25. The summed E-state index contributed by atoms with van der Waals surface area (Å²) in [6.45, 7) is 0.589. The topological polar surface area (TPSA) is 75.4 Å². The molecular weight excluding hydrogens is 326 g/mol. The number of benzene rings is 1. The van der Waals surface area contributed by atoms with Crippen LogP contribution >= 0.6 is 11.6 Å². The van der Waals surface area contributed by atoms with Crippen molar-refractivity contribution in [3.05, 3.63) is 34.9 Å². The summed E-state index contributed by atoms with van der Waals surface area (Å²) in [5, 5.41) is 3.76. The van der Waals surface area contributed by atoms with Gasteiger partial charge in [-0.3, -0.25) is 9.59 Å². The Bertz CT molecular complexity index is 636. The Balaban J connectivity index is 1.79. The molecule has 4 atom stereocenters. The molecule has 24 heavy (non-hydrogen) atoms. The number of likely N-dealkylation sites (tertiary alicyclic amines) is 1. The lowest BCUT2D eigenvalue weighted by Crippen LogP contribution is -2.43. The zero-order valence-electron chi connectivity index (χ0n) is 13.9. The van der Waals surface area contributed by atoms with Crippen molar-refractivity contribution in [3.63, 3.8) is 0 Å². The molecule has 1 saturated heterocycles. The van der Waals surface area contributed by atoms with E-state index in [9.17, 15) is 9.59 Å². The van der Waals surface area contributed by atoms with Crippen molar-refractivity contribution in [1.82, 2.24) is 10.2 Å². The van der Waals surface area contributed by atoms with Gasteiger partial charge in [-0.15, -0.1) is 0 Å². The summed E-state index contributed by atoms with van der Waals surface area (Å²) in [5.41, 5.74) is 6.70. The first kappa shape index (κ1) is 17.2. The second kappa shape index (κ2) is 7.11. The van der Waals surface area contributed by atoms with Crippen LogP contribution in [-0.2, 0) is 9.59 Å². The molecule has 1 aromatic carbocycles. The normalized spacial score (nSPS) is 30.0. The van der Waals surface area contributed by atoms with Gasteiger partial charge in [0, 0.05) is 24.5 Å². The number of carbonyl (C=O) groups excluding carboxylic acids is 2. The van der Waals surface area contributed by atoms with Crippen LogP contribution in [-0.4, -0.2) is 36.3 Å². The molecule has 0 spiro atoms. The van der Waals surface area contributed by atoms with Crippen molar-refractivity contribution < 1.29 is 9.59 Å². The second-order valence-corrected chi connectivity index (χ2v) is 7.29. The molecule has 1 aromatic rings. The van der Waals surface area contributed by atoms with E-state index in [0.717, 1.165) is 24.8 Å². The Morgan fingerprint density at radius 2 is 2.21 bits per heavy atom. The van der Waals surface area contributed by atoms with Crippen molar-refractivity contribution in [2.45, 2.75) is 37.8 Å². The van der Waals surface area contributed by atoms with E-state index in [2.05, 4.69) is 5.32 Å². The highest BCUT2D eigenvalue weighted by molar-refractivity contribution is 6.30. The van der Waals surface area contributed by atoms with Gasteiger partial charge in [0.2, 0.25) is 11.8 Å². The molecule has 0 unspecified atom stereocenters. The van der Waals surface area contributed by atoms with E-state index < -0.39 is 0 Å². The van der Waals surface area contributed by atoms with Gasteiger partial charge in [0.1, 0.15) is 0 Å². The van der Waals surface area contributed by atoms with Crippen LogP contribution in [0.25, 0.3) is 0 Å². The van der Waals surface area contributed by atoms with E-state index in [1.807, 2.05) is 18.2 Å². The highest BCUT2D eigenvalue weighted by Crippen LogP contribution is 2.38. The maximum atomic E-state index is 12.9. The van der Waals surface area contributed by atoms with Crippen LogP contribution in [0.1, 0.15) is 37.3 Å². The number of rotatable bonds is 4. The van der Waals surface area contributed by atoms with Gasteiger partial charge in [-0.2, -0.15) is 0 Å². The van der Waals surface area contributed by atoms with Crippen LogP contribution in [0.15, 0.2) is 24.3 Å². The molecule has 0 aromatic heterocycles. The third kappa shape index (κ3) is 3.28. The number of halogens is 1.